The number of pyridine rings is 1. The zero-order chi connectivity index (χ0) is 19.4. The molecule has 1 aliphatic carbocycles. The second-order valence-corrected chi connectivity index (χ2v) is 7.84. The molecule has 1 aromatic carbocycles. The lowest BCUT2D eigenvalue weighted by Gasteiger charge is -2.29. The van der Waals surface area contributed by atoms with E-state index < -0.39 is 0 Å². The first kappa shape index (κ1) is 17.0. The van der Waals surface area contributed by atoms with Crippen molar-refractivity contribution in [3.63, 3.8) is 0 Å². The summed E-state index contributed by atoms with van der Waals surface area (Å²) in [5.74, 6) is 0.699. The predicted octanol–water partition coefficient (Wildman–Crippen LogP) is 3.42. The van der Waals surface area contributed by atoms with E-state index >= 15 is 0 Å². The third kappa shape index (κ3) is 2.88. The van der Waals surface area contributed by atoms with E-state index in [1.165, 1.54) is 16.7 Å². The van der Waals surface area contributed by atoms with Crippen LogP contribution in [0, 0.1) is 5.82 Å². The Morgan fingerprint density at radius 1 is 1.03 bits per heavy atom. The van der Waals surface area contributed by atoms with E-state index in [1.807, 2.05) is 12.1 Å². The van der Waals surface area contributed by atoms with Gasteiger partial charge in [0.05, 0.1) is 19.4 Å². The second-order valence-electron chi connectivity index (χ2n) is 7.84. The van der Waals surface area contributed by atoms with Crippen molar-refractivity contribution in [2.45, 2.75) is 12.8 Å². The number of hydrogen-bond acceptors (Lipinski definition) is 6. The minimum Gasteiger partial charge on any atom is -0.423 e. The molecule has 2 aliphatic heterocycles. The molecule has 7 heteroatoms. The SMILES string of the molecule is Fc1ccc2c(c1)C1=C(CCN(c3cc4oc(N5CCOCC5)nc4cn3)C1)C2. The van der Waals surface area contributed by atoms with Gasteiger partial charge in [-0.1, -0.05) is 11.6 Å². The Bertz CT molecular complexity index is 1130. The molecule has 0 spiro atoms. The largest absolute Gasteiger partial charge is 0.423 e. The molecule has 6 rings (SSSR count). The highest BCUT2D eigenvalue weighted by molar-refractivity contribution is 5.82. The first-order valence-electron chi connectivity index (χ1n) is 10.1. The number of hydrogen-bond donors (Lipinski definition) is 0. The summed E-state index contributed by atoms with van der Waals surface area (Å²) in [7, 11) is 0. The monoisotopic (exact) mass is 392 g/mol. The zero-order valence-electron chi connectivity index (χ0n) is 16.0. The molecule has 0 amide bonds. The molecule has 29 heavy (non-hydrogen) atoms. The second kappa shape index (κ2) is 6.56. The van der Waals surface area contributed by atoms with Crippen molar-refractivity contribution in [3.05, 3.63) is 53.0 Å². The minimum absolute atomic E-state index is 0.175. The standard InChI is InChI=1S/C22H21FN4O2/c23-16-2-1-14-9-15-3-4-27(13-18(15)17(14)10-16)21-11-20-19(12-24-21)25-22(29-20)26-5-7-28-8-6-26/h1-2,10-12H,3-9,13H2. The van der Waals surface area contributed by atoms with Crippen molar-refractivity contribution in [2.24, 2.45) is 0 Å². The molecule has 4 heterocycles. The van der Waals surface area contributed by atoms with Crippen LogP contribution < -0.4 is 9.80 Å². The number of rotatable bonds is 2. The first-order valence-corrected chi connectivity index (χ1v) is 10.1. The number of anilines is 2. The fraction of sp³-hybridized carbons (Fsp3) is 0.364. The Labute approximate surface area is 167 Å². The van der Waals surface area contributed by atoms with E-state index in [9.17, 15) is 4.39 Å². The van der Waals surface area contributed by atoms with Crippen LogP contribution >= 0.6 is 0 Å². The maximum Gasteiger partial charge on any atom is 0.298 e. The molecule has 1 fully saturated rings. The van der Waals surface area contributed by atoms with Crippen molar-refractivity contribution in [1.29, 1.82) is 0 Å². The quantitative estimate of drug-likeness (QED) is 0.666. The van der Waals surface area contributed by atoms with Crippen LogP contribution in [-0.4, -0.2) is 49.4 Å². The highest BCUT2D eigenvalue weighted by atomic mass is 19.1. The van der Waals surface area contributed by atoms with E-state index in [1.54, 1.807) is 18.3 Å². The minimum atomic E-state index is -0.175. The molecule has 0 unspecified atom stereocenters. The highest BCUT2D eigenvalue weighted by Crippen LogP contribution is 2.39. The molecule has 0 radical (unpaired) electrons. The lowest BCUT2D eigenvalue weighted by atomic mass is 10.00. The fourth-order valence-electron chi connectivity index (χ4n) is 4.55. The average Bonchev–Trinajstić information content (AvgIpc) is 3.34. The van der Waals surface area contributed by atoms with Crippen molar-refractivity contribution in [2.75, 3.05) is 49.2 Å². The molecule has 0 bridgehead atoms. The van der Waals surface area contributed by atoms with Crippen LogP contribution in [0.3, 0.4) is 0 Å². The Balaban J connectivity index is 1.29. The topological polar surface area (TPSA) is 54.6 Å². The van der Waals surface area contributed by atoms with Crippen LogP contribution in [0.5, 0.6) is 0 Å². The van der Waals surface area contributed by atoms with Crippen molar-refractivity contribution >= 4 is 28.5 Å². The van der Waals surface area contributed by atoms with Gasteiger partial charge in [0.1, 0.15) is 17.2 Å². The van der Waals surface area contributed by atoms with Gasteiger partial charge in [-0.25, -0.2) is 9.37 Å². The molecule has 3 aliphatic rings. The zero-order valence-corrected chi connectivity index (χ0v) is 16.0. The number of aromatic nitrogens is 2. The fourth-order valence-corrected chi connectivity index (χ4v) is 4.55. The number of ether oxygens (including phenoxy) is 1. The van der Waals surface area contributed by atoms with Crippen LogP contribution in [0.25, 0.3) is 16.7 Å². The summed E-state index contributed by atoms with van der Waals surface area (Å²) in [5, 5.41) is 0. The van der Waals surface area contributed by atoms with Gasteiger partial charge in [0.2, 0.25) is 0 Å². The molecule has 6 nitrogen and oxygen atoms in total. The van der Waals surface area contributed by atoms with Crippen LogP contribution in [-0.2, 0) is 11.2 Å². The molecular formula is C22H21FN4O2. The van der Waals surface area contributed by atoms with E-state index in [-0.39, 0.29) is 5.82 Å². The normalized spacial score (nSPS) is 19.1. The van der Waals surface area contributed by atoms with E-state index in [0.29, 0.717) is 19.2 Å². The molecule has 148 valence electrons. The van der Waals surface area contributed by atoms with Crippen LogP contribution in [0.15, 0.2) is 40.5 Å². The molecule has 1 saturated heterocycles. The van der Waals surface area contributed by atoms with Crippen molar-refractivity contribution < 1.29 is 13.5 Å². The summed E-state index contributed by atoms with van der Waals surface area (Å²) in [6.45, 7) is 4.59. The average molecular weight is 392 g/mol. The van der Waals surface area contributed by atoms with Crippen molar-refractivity contribution in [1.82, 2.24) is 9.97 Å². The summed E-state index contributed by atoms with van der Waals surface area (Å²) in [6, 6.07) is 7.74. The maximum absolute atomic E-state index is 13.8. The summed E-state index contributed by atoms with van der Waals surface area (Å²) in [5.41, 5.74) is 6.47. The Hall–Kier alpha value is -2.93. The Morgan fingerprint density at radius 3 is 2.83 bits per heavy atom. The van der Waals surface area contributed by atoms with Gasteiger partial charge in [0, 0.05) is 32.2 Å². The smallest absolute Gasteiger partial charge is 0.298 e. The van der Waals surface area contributed by atoms with E-state index in [4.69, 9.17) is 9.15 Å². The van der Waals surface area contributed by atoms with Crippen molar-refractivity contribution in [3.8, 4) is 0 Å². The number of oxazole rings is 1. The number of benzene rings is 1. The highest BCUT2D eigenvalue weighted by Gasteiger charge is 2.28. The maximum atomic E-state index is 13.8. The van der Waals surface area contributed by atoms with Gasteiger partial charge in [-0.2, -0.15) is 4.98 Å². The number of fused-ring (bicyclic) bond motifs is 3. The van der Waals surface area contributed by atoms with Gasteiger partial charge in [-0.15, -0.1) is 0 Å². The van der Waals surface area contributed by atoms with Crippen LogP contribution in [0.1, 0.15) is 17.5 Å². The van der Waals surface area contributed by atoms with Gasteiger partial charge in [0.15, 0.2) is 5.58 Å². The molecule has 0 atom stereocenters. The lowest BCUT2D eigenvalue weighted by Crippen LogP contribution is -2.36. The van der Waals surface area contributed by atoms with Gasteiger partial charge >= 0.3 is 0 Å². The molecule has 2 aromatic heterocycles. The number of nitrogens with zero attached hydrogens (tertiary/aromatic N) is 4. The van der Waals surface area contributed by atoms with Crippen LogP contribution in [0.4, 0.5) is 16.2 Å². The first-order chi connectivity index (χ1) is 14.2. The molecule has 3 aromatic rings. The van der Waals surface area contributed by atoms with Gasteiger partial charge in [-0.3, -0.25) is 0 Å². The number of halogens is 1. The summed E-state index contributed by atoms with van der Waals surface area (Å²) in [6.07, 6.45) is 3.70. The summed E-state index contributed by atoms with van der Waals surface area (Å²) in [4.78, 5) is 13.6. The van der Waals surface area contributed by atoms with Gasteiger partial charge < -0.3 is 19.0 Å². The van der Waals surface area contributed by atoms with E-state index in [0.717, 1.165) is 61.5 Å². The molecule has 0 saturated carbocycles. The Kier molecular flexibility index (Phi) is 3.84. The van der Waals surface area contributed by atoms with Crippen LogP contribution in [0.2, 0.25) is 0 Å². The molecule has 0 N–H and O–H groups in total. The van der Waals surface area contributed by atoms with Gasteiger partial charge in [-0.05, 0) is 41.7 Å². The third-order valence-electron chi connectivity index (χ3n) is 6.11. The van der Waals surface area contributed by atoms with E-state index in [2.05, 4.69) is 19.8 Å². The molecular weight excluding hydrogens is 371 g/mol. The Morgan fingerprint density at radius 2 is 1.93 bits per heavy atom. The van der Waals surface area contributed by atoms with Gasteiger partial charge in [0.25, 0.3) is 6.01 Å². The third-order valence-corrected chi connectivity index (χ3v) is 6.11. The summed E-state index contributed by atoms with van der Waals surface area (Å²) < 4.78 is 25.2. The number of morpholine rings is 1. The lowest BCUT2D eigenvalue weighted by molar-refractivity contribution is 0.120. The predicted molar refractivity (Wildman–Crippen MR) is 109 cm³/mol. The summed E-state index contributed by atoms with van der Waals surface area (Å²) >= 11 is 0.